The van der Waals surface area contributed by atoms with E-state index in [0.29, 0.717) is 12.1 Å². The van der Waals surface area contributed by atoms with Crippen molar-refractivity contribution in [3.8, 4) is 17.5 Å². The molecule has 4 rings (SSSR count). The van der Waals surface area contributed by atoms with E-state index in [4.69, 9.17) is 9.68 Å². The van der Waals surface area contributed by atoms with Gasteiger partial charge in [-0.2, -0.15) is 5.26 Å². The van der Waals surface area contributed by atoms with E-state index in [1.807, 2.05) is 48.5 Å². The van der Waals surface area contributed by atoms with Crippen LogP contribution in [0.25, 0.3) is 11.4 Å². The van der Waals surface area contributed by atoms with Crippen molar-refractivity contribution in [2.75, 3.05) is 0 Å². The first kappa shape index (κ1) is 18.1. The SMILES string of the molecule is Cc1ccccc1-c1nnc(SCc2ccc(C#N)cc2)n1Cc1ccco1. The Labute approximate surface area is 167 Å². The van der Waals surface area contributed by atoms with E-state index in [0.717, 1.165) is 39.2 Å². The summed E-state index contributed by atoms with van der Waals surface area (Å²) in [5, 5.41) is 18.7. The van der Waals surface area contributed by atoms with Gasteiger partial charge in [0.1, 0.15) is 5.76 Å². The van der Waals surface area contributed by atoms with Crippen LogP contribution < -0.4 is 0 Å². The van der Waals surface area contributed by atoms with Gasteiger partial charge in [0, 0.05) is 11.3 Å². The Kier molecular flexibility index (Phi) is 5.27. The quantitative estimate of drug-likeness (QED) is 0.433. The van der Waals surface area contributed by atoms with Crippen molar-refractivity contribution >= 4 is 11.8 Å². The number of hydrogen-bond acceptors (Lipinski definition) is 5. The maximum Gasteiger partial charge on any atom is 0.192 e. The summed E-state index contributed by atoms with van der Waals surface area (Å²) >= 11 is 1.62. The van der Waals surface area contributed by atoms with Crippen molar-refractivity contribution < 1.29 is 4.42 Å². The van der Waals surface area contributed by atoms with E-state index in [2.05, 4.69) is 39.9 Å². The Morgan fingerprint density at radius 1 is 1.04 bits per heavy atom. The highest BCUT2D eigenvalue weighted by Gasteiger charge is 2.17. The Balaban J connectivity index is 1.64. The zero-order chi connectivity index (χ0) is 19.3. The number of benzene rings is 2. The molecule has 6 heteroatoms. The number of nitrogens with zero attached hydrogens (tertiary/aromatic N) is 4. The largest absolute Gasteiger partial charge is 0.467 e. The lowest BCUT2D eigenvalue weighted by atomic mass is 10.1. The van der Waals surface area contributed by atoms with Crippen molar-refractivity contribution in [3.05, 3.63) is 89.4 Å². The summed E-state index contributed by atoms with van der Waals surface area (Å²) < 4.78 is 7.65. The molecule has 0 saturated heterocycles. The Morgan fingerprint density at radius 2 is 1.86 bits per heavy atom. The van der Waals surface area contributed by atoms with E-state index in [1.54, 1.807) is 18.0 Å². The minimum atomic E-state index is 0.569. The lowest BCUT2D eigenvalue weighted by molar-refractivity contribution is 0.485. The minimum Gasteiger partial charge on any atom is -0.467 e. The van der Waals surface area contributed by atoms with Crippen molar-refractivity contribution in [1.82, 2.24) is 14.8 Å². The average molecular weight is 386 g/mol. The number of furan rings is 1. The molecule has 2 heterocycles. The van der Waals surface area contributed by atoms with Gasteiger partial charge in [-0.3, -0.25) is 4.57 Å². The van der Waals surface area contributed by atoms with Gasteiger partial charge in [-0.15, -0.1) is 10.2 Å². The number of nitriles is 1. The lowest BCUT2D eigenvalue weighted by Gasteiger charge is -2.10. The van der Waals surface area contributed by atoms with Crippen LogP contribution in [0.15, 0.2) is 76.5 Å². The van der Waals surface area contributed by atoms with Crippen LogP contribution in [0.5, 0.6) is 0 Å². The molecule has 0 amide bonds. The van der Waals surface area contributed by atoms with Crippen molar-refractivity contribution in [2.45, 2.75) is 24.4 Å². The number of thioether (sulfide) groups is 1. The molecule has 5 nitrogen and oxygen atoms in total. The third-order valence-electron chi connectivity index (χ3n) is 4.45. The van der Waals surface area contributed by atoms with Crippen molar-refractivity contribution in [2.24, 2.45) is 0 Å². The molecule has 28 heavy (non-hydrogen) atoms. The van der Waals surface area contributed by atoms with Gasteiger partial charge < -0.3 is 4.42 Å². The summed E-state index contributed by atoms with van der Waals surface area (Å²) in [7, 11) is 0. The molecule has 0 N–H and O–H groups in total. The van der Waals surface area contributed by atoms with Gasteiger partial charge in [0.25, 0.3) is 0 Å². The summed E-state index contributed by atoms with van der Waals surface area (Å²) in [4.78, 5) is 0. The number of aromatic nitrogens is 3. The lowest BCUT2D eigenvalue weighted by Crippen LogP contribution is -2.04. The molecule has 0 aliphatic rings. The van der Waals surface area contributed by atoms with Crippen LogP contribution in [-0.2, 0) is 12.3 Å². The van der Waals surface area contributed by atoms with E-state index in [1.165, 1.54) is 0 Å². The Hall–Kier alpha value is -3.30. The summed E-state index contributed by atoms with van der Waals surface area (Å²) in [6, 6.07) is 21.8. The maximum atomic E-state index is 8.94. The molecular formula is C22H18N4OS. The average Bonchev–Trinajstić information content (AvgIpc) is 3.38. The van der Waals surface area contributed by atoms with Gasteiger partial charge in [0.15, 0.2) is 11.0 Å². The van der Waals surface area contributed by atoms with E-state index < -0.39 is 0 Å². The Morgan fingerprint density at radius 3 is 2.57 bits per heavy atom. The molecule has 0 atom stereocenters. The summed E-state index contributed by atoms with van der Waals surface area (Å²) in [5.41, 5.74) is 4.01. The topological polar surface area (TPSA) is 67.6 Å². The highest BCUT2D eigenvalue weighted by Crippen LogP contribution is 2.29. The zero-order valence-electron chi connectivity index (χ0n) is 15.4. The second-order valence-electron chi connectivity index (χ2n) is 6.38. The molecule has 0 spiro atoms. The van der Waals surface area contributed by atoms with E-state index in [9.17, 15) is 0 Å². The molecule has 0 aliphatic carbocycles. The smallest absolute Gasteiger partial charge is 0.192 e. The van der Waals surface area contributed by atoms with Crippen LogP contribution >= 0.6 is 11.8 Å². The maximum absolute atomic E-state index is 8.94. The summed E-state index contributed by atoms with van der Waals surface area (Å²) in [6.45, 7) is 2.64. The third kappa shape index (κ3) is 3.85. The zero-order valence-corrected chi connectivity index (χ0v) is 16.2. The first-order valence-electron chi connectivity index (χ1n) is 8.88. The summed E-state index contributed by atoms with van der Waals surface area (Å²) in [6.07, 6.45) is 1.68. The van der Waals surface area contributed by atoms with Gasteiger partial charge >= 0.3 is 0 Å². The van der Waals surface area contributed by atoms with Gasteiger partial charge in [0.05, 0.1) is 24.4 Å². The fourth-order valence-corrected chi connectivity index (χ4v) is 3.84. The third-order valence-corrected chi connectivity index (χ3v) is 5.49. The van der Waals surface area contributed by atoms with Crippen LogP contribution in [0.4, 0.5) is 0 Å². The molecule has 4 aromatic rings. The Bertz CT molecular complexity index is 1110. The molecule has 0 aliphatic heterocycles. The molecular weight excluding hydrogens is 368 g/mol. The molecule has 0 unspecified atom stereocenters. The number of aryl methyl sites for hydroxylation is 1. The first-order chi connectivity index (χ1) is 13.7. The normalized spacial score (nSPS) is 10.7. The van der Waals surface area contributed by atoms with Crippen molar-refractivity contribution in [3.63, 3.8) is 0 Å². The molecule has 0 fully saturated rings. The van der Waals surface area contributed by atoms with Crippen LogP contribution in [0.3, 0.4) is 0 Å². The molecule has 0 bridgehead atoms. The van der Waals surface area contributed by atoms with Crippen LogP contribution in [0.2, 0.25) is 0 Å². The van der Waals surface area contributed by atoms with E-state index >= 15 is 0 Å². The monoisotopic (exact) mass is 386 g/mol. The highest BCUT2D eigenvalue weighted by molar-refractivity contribution is 7.98. The molecule has 2 aromatic heterocycles. The fraction of sp³-hybridized carbons (Fsp3) is 0.136. The molecule has 0 saturated carbocycles. The van der Waals surface area contributed by atoms with Crippen LogP contribution in [0.1, 0.15) is 22.5 Å². The first-order valence-corrected chi connectivity index (χ1v) is 9.86. The fourth-order valence-electron chi connectivity index (χ4n) is 2.94. The predicted octanol–water partition coefficient (Wildman–Crippen LogP) is 5.06. The molecule has 0 radical (unpaired) electrons. The van der Waals surface area contributed by atoms with Gasteiger partial charge in [-0.25, -0.2) is 0 Å². The number of rotatable bonds is 6. The number of hydrogen-bond donors (Lipinski definition) is 0. The predicted molar refractivity (Wildman–Crippen MR) is 109 cm³/mol. The second kappa shape index (κ2) is 8.15. The van der Waals surface area contributed by atoms with E-state index in [-0.39, 0.29) is 0 Å². The van der Waals surface area contributed by atoms with Gasteiger partial charge in [-0.05, 0) is 42.3 Å². The highest BCUT2D eigenvalue weighted by atomic mass is 32.2. The molecule has 138 valence electrons. The molecule has 2 aromatic carbocycles. The summed E-state index contributed by atoms with van der Waals surface area (Å²) in [5.74, 6) is 2.43. The van der Waals surface area contributed by atoms with Crippen LogP contribution in [-0.4, -0.2) is 14.8 Å². The minimum absolute atomic E-state index is 0.569. The standard InChI is InChI=1S/C22H18N4OS/c1-16-5-2-3-7-20(16)21-24-25-22(26(21)14-19-6-4-12-27-19)28-15-18-10-8-17(13-23)9-11-18/h2-12H,14-15H2,1H3. The van der Waals surface area contributed by atoms with Crippen molar-refractivity contribution in [1.29, 1.82) is 5.26 Å². The van der Waals surface area contributed by atoms with Gasteiger partial charge in [0.2, 0.25) is 0 Å². The second-order valence-corrected chi connectivity index (χ2v) is 7.33. The van der Waals surface area contributed by atoms with Crippen LogP contribution in [0, 0.1) is 18.3 Å². The van der Waals surface area contributed by atoms with Gasteiger partial charge in [-0.1, -0.05) is 48.2 Å².